The number of hydrogen-bond donors (Lipinski definition) is 1. The zero-order chi connectivity index (χ0) is 17.2. The lowest BCUT2D eigenvalue weighted by molar-refractivity contribution is 0.0700. The molecule has 2 aliphatic heterocycles. The predicted molar refractivity (Wildman–Crippen MR) is 94.8 cm³/mol. The molecule has 25 heavy (non-hydrogen) atoms. The van der Waals surface area contributed by atoms with Crippen LogP contribution in [0.15, 0.2) is 30.3 Å². The third-order valence-corrected chi connectivity index (χ3v) is 5.16. The fourth-order valence-electron chi connectivity index (χ4n) is 3.79. The molecule has 4 rings (SSSR count). The normalized spacial score (nSPS) is 20.2. The molecule has 2 aromatic rings. The van der Waals surface area contributed by atoms with Crippen LogP contribution in [-0.4, -0.2) is 47.3 Å². The Bertz CT molecular complexity index is 747. The first-order valence-corrected chi connectivity index (χ1v) is 8.95. The SMILES string of the molecule is COc1cccc([C@@H]2CCCN(C(=O)c3cc4n(n3)CCNC4)C2)c1. The maximum absolute atomic E-state index is 12.9. The average molecular weight is 340 g/mol. The minimum absolute atomic E-state index is 0.0505. The molecule has 6 nitrogen and oxygen atoms in total. The summed E-state index contributed by atoms with van der Waals surface area (Å²) in [7, 11) is 1.69. The van der Waals surface area contributed by atoms with E-state index in [4.69, 9.17) is 4.74 Å². The van der Waals surface area contributed by atoms with Gasteiger partial charge in [-0.25, -0.2) is 0 Å². The van der Waals surface area contributed by atoms with Crippen LogP contribution in [0.2, 0.25) is 0 Å². The lowest BCUT2D eigenvalue weighted by Gasteiger charge is -2.32. The van der Waals surface area contributed by atoms with Crippen LogP contribution in [0.1, 0.15) is 40.5 Å². The summed E-state index contributed by atoms with van der Waals surface area (Å²) in [6.45, 7) is 4.07. The van der Waals surface area contributed by atoms with Crippen molar-refractivity contribution in [1.29, 1.82) is 0 Å². The van der Waals surface area contributed by atoms with Gasteiger partial charge in [-0.15, -0.1) is 0 Å². The third kappa shape index (κ3) is 3.26. The highest BCUT2D eigenvalue weighted by molar-refractivity contribution is 5.92. The summed E-state index contributed by atoms with van der Waals surface area (Å²) in [6.07, 6.45) is 2.11. The highest BCUT2D eigenvalue weighted by atomic mass is 16.5. The Morgan fingerprint density at radius 1 is 1.32 bits per heavy atom. The predicted octanol–water partition coefficient (Wildman–Crippen LogP) is 2.01. The number of amides is 1. The summed E-state index contributed by atoms with van der Waals surface area (Å²) in [6, 6.07) is 10.1. The molecule has 0 saturated carbocycles. The molecule has 132 valence electrons. The Morgan fingerprint density at radius 2 is 2.24 bits per heavy atom. The van der Waals surface area contributed by atoms with Crippen LogP contribution in [0.25, 0.3) is 0 Å². The number of ether oxygens (including phenoxy) is 1. The number of likely N-dealkylation sites (tertiary alicyclic amines) is 1. The van der Waals surface area contributed by atoms with E-state index in [9.17, 15) is 4.79 Å². The maximum atomic E-state index is 12.9. The van der Waals surface area contributed by atoms with Gasteiger partial charge in [0.1, 0.15) is 5.75 Å². The molecule has 0 radical (unpaired) electrons. The molecule has 1 N–H and O–H groups in total. The molecule has 1 fully saturated rings. The number of nitrogens with one attached hydrogen (secondary N) is 1. The number of benzene rings is 1. The number of aromatic nitrogens is 2. The lowest BCUT2D eigenvalue weighted by atomic mass is 9.90. The van der Waals surface area contributed by atoms with Crippen molar-refractivity contribution in [1.82, 2.24) is 20.0 Å². The number of fused-ring (bicyclic) bond motifs is 1. The summed E-state index contributed by atoms with van der Waals surface area (Å²) < 4.78 is 7.29. The number of carbonyl (C=O) groups is 1. The molecule has 0 aliphatic carbocycles. The van der Waals surface area contributed by atoms with E-state index in [1.807, 2.05) is 27.8 Å². The number of hydrogen-bond acceptors (Lipinski definition) is 4. The summed E-state index contributed by atoms with van der Waals surface area (Å²) in [5.74, 6) is 1.27. The smallest absolute Gasteiger partial charge is 0.274 e. The van der Waals surface area contributed by atoms with Crippen molar-refractivity contribution in [3.05, 3.63) is 47.3 Å². The van der Waals surface area contributed by atoms with Gasteiger partial charge in [-0.1, -0.05) is 12.1 Å². The second-order valence-corrected chi connectivity index (χ2v) is 6.79. The van der Waals surface area contributed by atoms with Gasteiger partial charge in [0.05, 0.1) is 19.3 Å². The van der Waals surface area contributed by atoms with Gasteiger partial charge in [0.25, 0.3) is 5.91 Å². The quantitative estimate of drug-likeness (QED) is 0.929. The van der Waals surface area contributed by atoms with Crippen LogP contribution in [0.3, 0.4) is 0 Å². The second kappa shape index (κ2) is 6.88. The molecule has 1 amide bonds. The van der Waals surface area contributed by atoms with E-state index in [-0.39, 0.29) is 5.91 Å². The van der Waals surface area contributed by atoms with Gasteiger partial charge in [0, 0.05) is 32.1 Å². The first-order valence-electron chi connectivity index (χ1n) is 8.95. The Balaban J connectivity index is 1.50. The van der Waals surface area contributed by atoms with Crippen LogP contribution >= 0.6 is 0 Å². The van der Waals surface area contributed by atoms with E-state index in [1.54, 1.807) is 7.11 Å². The molecule has 1 aromatic heterocycles. The largest absolute Gasteiger partial charge is 0.497 e. The summed E-state index contributed by atoms with van der Waals surface area (Å²) in [5, 5.41) is 7.83. The van der Waals surface area contributed by atoms with Crippen molar-refractivity contribution in [3.63, 3.8) is 0 Å². The lowest BCUT2D eigenvalue weighted by Crippen LogP contribution is -2.39. The van der Waals surface area contributed by atoms with Crippen molar-refractivity contribution >= 4 is 5.91 Å². The van der Waals surface area contributed by atoms with Gasteiger partial charge in [0.2, 0.25) is 0 Å². The fraction of sp³-hybridized carbons (Fsp3) is 0.474. The Kier molecular flexibility index (Phi) is 4.44. The van der Waals surface area contributed by atoms with Gasteiger partial charge in [0.15, 0.2) is 5.69 Å². The maximum Gasteiger partial charge on any atom is 0.274 e. The van der Waals surface area contributed by atoms with Crippen LogP contribution in [0.4, 0.5) is 0 Å². The van der Waals surface area contributed by atoms with Crippen LogP contribution in [-0.2, 0) is 13.1 Å². The molecule has 0 spiro atoms. The molecule has 0 unspecified atom stereocenters. The first-order chi connectivity index (χ1) is 12.2. The molecular formula is C19H24N4O2. The van der Waals surface area contributed by atoms with E-state index in [2.05, 4.69) is 22.5 Å². The molecule has 1 saturated heterocycles. The van der Waals surface area contributed by atoms with E-state index < -0.39 is 0 Å². The van der Waals surface area contributed by atoms with Gasteiger partial charge in [-0.05, 0) is 36.6 Å². The summed E-state index contributed by atoms with van der Waals surface area (Å²) >= 11 is 0. The average Bonchev–Trinajstić information content (AvgIpc) is 3.12. The van der Waals surface area contributed by atoms with Gasteiger partial charge in [-0.2, -0.15) is 5.10 Å². The van der Waals surface area contributed by atoms with E-state index in [1.165, 1.54) is 5.56 Å². The minimum Gasteiger partial charge on any atom is -0.497 e. The molecule has 1 atom stereocenters. The molecule has 0 bridgehead atoms. The second-order valence-electron chi connectivity index (χ2n) is 6.79. The van der Waals surface area contributed by atoms with Crippen LogP contribution in [0, 0.1) is 0 Å². The number of carbonyl (C=O) groups excluding carboxylic acids is 1. The van der Waals surface area contributed by atoms with Gasteiger partial charge >= 0.3 is 0 Å². The number of rotatable bonds is 3. The fourth-order valence-corrected chi connectivity index (χ4v) is 3.79. The standard InChI is InChI=1S/C19H24N4O2/c1-25-17-6-2-4-14(10-17)15-5-3-8-22(13-15)19(24)18-11-16-12-20-7-9-23(16)21-18/h2,4,6,10-11,15,20H,3,5,7-9,12-13H2,1H3/t15-/m1/s1. The van der Waals surface area contributed by atoms with Crippen molar-refractivity contribution in [2.24, 2.45) is 0 Å². The highest BCUT2D eigenvalue weighted by Gasteiger charge is 2.28. The highest BCUT2D eigenvalue weighted by Crippen LogP contribution is 2.29. The van der Waals surface area contributed by atoms with Gasteiger partial charge < -0.3 is 15.0 Å². The molecule has 3 heterocycles. The minimum atomic E-state index is 0.0505. The van der Waals surface area contributed by atoms with Crippen LogP contribution < -0.4 is 10.1 Å². The number of methoxy groups -OCH3 is 1. The molecule has 1 aromatic carbocycles. The van der Waals surface area contributed by atoms with Gasteiger partial charge in [-0.3, -0.25) is 9.48 Å². The van der Waals surface area contributed by atoms with E-state index in [0.29, 0.717) is 11.6 Å². The van der Waals surface area contributed by atoms with Crippen LogP contribution in [0.5, 0.6) is 5.75 Å². The Labute approximate surface area is 147 Å². The van der Waals surface area contributed by atoms with E-state index in [0.717, 1.165) is 57.0 Å². The number of nitrogens with zero attached hydrogens (tertiary/aromatic N) is 3. The monoisotopic (exact) mass is 340 g/mol. The molecule has 2 aliphatic rings. The summed E-state index contributed by atoms with van der Waals surface area (Å²) in [4.78, 5) is 14.9. The topological polar surface area (TPSA) is 59.4 Å². The zero-order valence-electron chi connectivity index (χ0n) is 14.6. The van der Waals surface area contributed by atoms with Crippen molar-refractivity contribution in [2.75, 3.05) is 26.7 Å². The third-order valence-electron chi connectivity index (χ3n) is 5.16. The molecular weight excluding hydrogens is 316 g/mol. The molecule has 6 heteroatoms. The Morgan fingerprint density at radius 3 is 3.08 bits per heavy atom. The van der Waals surface area contributed by atoms with E-state index >= 15 is 0 Å². The van der Waals surface area contributed by atoms with Crippen molar-refractivity contribution in [3.8, 4) is 5.75 Å². The van der Waals surface area contributed by atoms with Crippen molar-refractivity contribution in [2.45, 2.75) is 31.8 Å². The first kappa shape index (κ1) is 16.1. The zero-order valence-corrected chi connectivity index (χ0v) is 14.6. The van der Waals surface area contributed by atoms with Crippen molar-refractivity contribution < 1.29 is 9.53 Å². The summed E-state index contributed by atoms with van der Waals surface area (Å²) in [5.41, 5.74) is 2.91. The Hall–Kier alpha value is -2.34. The number of piperidine rings is 1.